The van der Waals surface area contributed by atoms with Crippen molar-refractivity contribution in [3.8, 4) is 0 Å². The largest absolute Gasteiger partial charge is 0.323 e. The molecule has 0 heterocycles. The molecule has 24 heavy (non-hydrogen) atoms. The molecule has 0 saturated heterocycles. The third kappa shape index (κ3) is 4.61. The van der Waals surface area contributed by atoms with Gasteiger partial charge >= 0.3 is 0 Å². The van der Waals surface area contributed by atoms with E-state index in [9.17, 15) is 22.0 Å². The number of amides is 1. The van der Waals surface area contributed by atoms with Crippen LogP contribution in [0.1, 0.15) is 12.0 Å². The lowest BCUT2D eigenvalue weighted by Crippen LogP contribution is -2.18. The summed E-state index contributed by atoms with van der Waals surface area (Å²) in [5.41, 5.74) is 0.692. The van der Waals surface area contributed by atoms with Gasteiger partial charge in [-0.15, -0.1) is 0 Å². The lowest BCUT2D eigenvalue weighted by molar-refractivity contribution is -0.115. The number of aryl methyl sites for hydroxylation is 1. The van der Waals surface area contributed by atoms with Crippen molar-refractivity contribution in [3.05, 3.63) is 58.1 Å². The monoisotopic (exact) mass is 417 g/mol. The lowest BCUT2D eigenvalue weighted by Gasteiger charge is -2.09. The second-order valence-corrected chi connectivity index (χ2v) is 8.14. The van der Waals surface area contributed by atoms with Crippen LogP contribution in [0.15, 0.2) is 45.8 Å². The molecule has 0 saturated carbocycles. The first-order chi connectivity index (χ1) is 11.2. The van der Waals surface area contributed by atoms with E-state index in [2.05, 4.69) is 21.2 Å². The van der Waals surface area contributed by atoms with Gasteiger partial charge in [0, 0.05) is 17.0 Å². The van der Waals surface area contributed by atoms with E-state index in [1.165, 1.54) is 12.1 Å². The maximum absolute atomic E-state index is 13.6. The second-order valence-electron chi connectivity index (χ2n) is 5.17. The SMILES string of the molecule is Cc1ccc(S(=O)(=O)CCC(=O)Nc2c(F)cc(F)cc2Br)cc1. The van der Waals surface area contributed by atoms with Crippen molar-refractivity contribution in [2.75, 3.05) is 11.1 Å². The topological polar surface area (TPSA) is 63.2 Å². The van der Waals surface area contributed by atoms with Crippen LogP contribution in [-0.4, -0.2) is 20.1 Å². The molecular weight excluding hydrogens is 404 g/mol. The molecule has 4 nitrogen and oxygen atoms in total. The zero-order valence-electron chi connectivity index (χ0n) is 12.6. The molecule has 1 amide bonds. The van der Waals surface area contributed by atoms with E-state index in [1.54, 1.807) is 12.1 Å². The van der Waals surface area contributed by atoms with Gasteiger partial charge in [0.15, 0.2) is 15.7 Å². The first-order valence-corrected chi connectivity index (χ1v) is 9.37. The Labute approximate surface area is 146 Å². The number of benzene rings is 2. The van der Waals surface area contributed by atoms with E-state index in [-0.39, 0.29) is 21.5 Å². The van der Waals surface area contributed by atoms with Crippen LogP contribution in [0, 0.1) is 18.6 Å². The molecule has 2 aromatic carbocycles. The molecule has 0 unspecified atom stereocenters. The molecule has 0 fully saturated rings. The van der Waals surface area contributed by atoms with Crippen LogP contribution >= 0.6 is 15.9 Å². The molecule has 0 spiro atoms. The van der Waals surface area contributed by atoms with Crippen LogP contribution in [0.5, 0.6) is 0 Å². The number of hydrogen-bond donors (Lipinski definition) is 1. The zero-order chi connectivity index (χ0) is 17.9. The first kappa shape index (κ1) is 18.5. The predicted octanol–water partition coefficient (Wildman–Crippen LogP) is 3.84. The normalized spacial score (nSPS) is 11.3. The summed E-state index contributed by atoms with van der Waals surface area (Å²) in [6, 6.07) is 7.90. The van der Waals surface area contributed by atoms with Crippen molar-refractivity contribution >= 4 is 37.4 Å². The van der Waals surface area contributed by atoms with Crippen molar-refractivity contribution in [2.24, 2.45) is 0 Å². The molecule has 8 heteroatoms. The summed E-state index contributed by atoms with van der Waals surface area (Å²) >= 11 is 2.95. The van der Waals surface area contributed by atoms with Gasteiger partial charge < -0.3 is 5.32 Å². The Hall–Kier alpha value is -1.80. The Morgan fingerprint density at radius 2 is 1.79 bits per heavy atom. The summed E-state index contributed by atoms with van der Waals surface area (Å²) in [5.74, 6) is -2.84. The third-order valence-electron chi connectivity index (χ3n) is 3.25. The van der Waals surface area contributed by atoms with Crippen LogP contribution in [0.4, 0.5) is 14.5 Å². The summed E-state index contributed by atoms with van der Waals surface area (Å²) in [6.07, 6.45) is -0.348. The maximum atomic E-state index is 13.6. The number of anilines is 1. The van der Waals surface area contributed by atoms with E-state index in [0.29, 0.717) is 6.07 Å². The summed E-state index contributed by atoms with van der Waals surface area (Å²) in [5, 5.41) is 2.25. The summed E-state index contributed by atoms with van der Waals surface area (Å²) in [4.78, 5) is 12.0. The lowest BCUT2D eigenvalue weighted by atomic mass is 10.2. The first-order valence-electron chi connectivity index (χ1n) is 6.93. The molecule has 0 bridgehead atoms. The zero-order valence-corrected chi connectivity index (χ0v) is 15.0. The van der Waals surface area contributed by atoms with Gasteiger partial charge in [0.1, 0.15) is 5.82 Å². The van der Waals surface area contributed by atoms with Crippen molar-refractivity contribution in [2.45, 2.75) is 18.2 Å². The molecule has 0 aliphatic heterocycles. The van der Waals surface area contributed by atoms with Gasteiger partial charge in [0.2, 0.25) is 5.91 Å². The quantitative estimate of drug-likeness (QED) is 0.803. The average molecular weight is 418 g/mol. The molecule has 2 aromatic rings. The smallest absolute Gasteiger partial charge is 0.225 e. The van der Waals surface area contributed by atoms with Crippen molar-refractivity contribution in [1.82, 2.24) is 0 Å². The highest BCUT2D eigenvalue weighted by atomic mass is 79.9. The van der Waals surface area contributed by atoms with E-state index in [4.69, 9.17) is 0 Å². The third-order valence-corrected chi connectivity index (χ3v) is 5.61. The summed E-state index contributed by atoms with van der Waals surface area (Å²) < 4.78 is 51.0. The van der Waals surface area contributed by atoms with Crippen LogP contribution in [0.25, 0.3) is 0 Å². The van der Waals surface area contributed by atoms with Gasteiger partial charge in [-0.05, 0) is 41.1 Å². The molecule has 0 aliphatic rings. The number of carbonyl (C=O) groups is 1. The number of sulfone groups is 1. The van der Waals surface area contributed by atoms with Gasteiger partial charge in [-0.3, -0.25) is 4.79 Å². The van der Waals surface area contributed by atoms with E-state index < -0.39 is 33.1 Å². The Morgan fingerprint density at radius 3 is 2.38 bits per heavy atom. The highest BCUT2D eigenvalue weighted by Gasteiger charge is 2.18. The van der Waals surface area contributed by atoms with Gasteiger partial charge in [0.05, 0.1) is 16.3 Å². The fourth-order valence-electron chi connectivity index (χ4n) is 1.95. The molecule has 0 radical (unpaired) electrons. The summed E-state index contributed by atoms with van der Waals surface area (Å²) in [6.45, 7) is 1.83. The molecule has 1 N–H and O–H groups in total. The molecular formula is C16H14BrF2NO3S. The highest BCUT2D eigenvalue weighted by molar-refractivity contribution is 9.10. The second kappa shape index (κ2) is 7.40. The summed E-state index contributed by atoms with van der Waals surface area (Å²) in [7, 11) is -3.62. The van der Waals surface area contributed by atoms with Gasteiger partial charge in [-0.25, -0.2) is 17.2 Å². The molecule has 2 rings (SSSR count). The molecule has 0 atom stereocenters. The predicted molar refractivity (Wildman–Crippen MR) is 90.5 cm³/mol. The number of hydrogen-bond acceptors (Lipinski definition) is 3. The fourth-order valence-corrected chi connectivity index (χ4v) is 3.70. The van der Waals surface area contributed by atoms with Crippen LogP contribution in [-0.2, 0) is 14.6 Å². The Bertz CT molecular complexity index is 844. The van der Waals surface area contributed by atoms with Crippen molar-refractivity contribution in [3.63, 3.8) is 0 Å². The Morgan fingerprint density at radius 1 is 1.17 bits per heavy atom. The minimum Gasteiger partial charge on any atom is -0.323 e. The Balaban J connectivity index is 2.04. The van der Waals surface area contributed by atoms with Crippen LogP contribution in [0.2, 0.25) is 0 Å². The average Bonchev–Trinajstić information content (AvgIpc) is 2.49. The minimum absolute atomic E-state index is 0.0368. The standard InChI is InChI=1S/C16H14BrF2NO3S/c1-10-2-4-12(5-3-10)24(22,23)7-6-15(21)20-16-13(17)8-11(18)9-14(16)19/h2-5,8-9H,6-7H2,1H3,(H,20,21). The van der Waals surface area contributed by atoms with E-state index in [1.807, 2.05) is 6.92 Å². The fraction of sp³-hybridized carbons (Fsp3) is 0.188. The molecule has 128 valence electrons. The minimum atomic E-state index is -3.62. The van der Waals surface area contributed by atoms with Crippen LogP contribution < -0.4 is 5.32 Å². The van der Waals surface area contributed by atoms with Gasteiger partial charge in [-0.2, -0.15) is 0 Å². The van der Waals surface area contributed by atoms with Crippen LogP contribution in [0.3, 0.4) is 0 Å². The molecule has 0 aromatic heterocycles. The highest BCUT2D eigenvalue weighted by Crippen LogP contribution is 2.27. The number of rotatable bonds is 5. The number of nitrogens with one attached hydrogen (secondary N) is 1. The Kier molecular flexibility index (Phi) is 5.71. The van der Waals surface area contributed by atoms with E-state index >= 15 is 0 Å². The maximum Gasteiger partial charge on any atom is 0.225 e. The van der Waals surface area contributed by atoms with Gasteiger partial charge in [-0.1, -0.05) is 17.7 Å². The van der Waals surface area contributed by atoms with Crippen molar-refractivity contribution < 1.29 is 22.0 Å². The molecule has 0 aliphatic carbocycles. The van der Waals surface area contributed by atoms with Crippen molar-refractivity contribution in [1.29, 1.82) is 0 Å². The van der Waals surface area contributed by atoms with E-state index in [0.717, 1.165) is 11.6 Å². The van der Waals surface area contributed by atoms with Gasteiger partial charge in [0.25, 0.3) is 0 Å². The number of carbonyl (C=O) groups excluding carboxylic acids is 1. The number of halogens is 3.